The highest BCUT2D eigenvalue weighted by molar-refractivity contribution is 6.33. The first-order chi connectivity index (χ1) is 11.6. The van der Waals surface area contributed by atoms with Crippen LogP contribution in [0, 0.1) is 6.92 Å². The number of nitrogens with one attached hydrogen (secondary N) is 2. The molecule has 0 aromatic heterocycles. The third kappa shape index (κ3) is 4.12. The van der Waals surface area contributed by atoms with Crippen LogP contribution in [0.25, 0.3) is 0 Å². The number of hydrogen-bond donors (Lipinski definition) is 2. The van der Waals surface area contributed by atoms with Gasteiger partial charge in [-0.2, -0.15) is 0 Å². The van der Waals surface area contributed by atoms with Crippen molar-refractivity contribution in [1.82, 2.24) is 0 Å². The summed E-state index contributed by atoms with van der Waals surface area (Å²) < 4.78 is 0. The lowest BCUT2D eigenvalue weighted by molar-refractivity contribution is 0.675. The van der Waals surface area contributed by atoms with Gasteiger partial charge in [-0.15, -0.1) is 0 Å². The summed E-state index contributed by atoms with van der Waals surface area (Å²) in [6.07, 6.45) is 4.85. The van der Waals surface area contributed by atoms with Gasteiger partial charge in [0.05, 0.1) is 10.7 Å². The number of rotatable bonds is 5. The number of aryl methyl sites for hydroxylation is 1. The Morgan fingerprint density at radius 1 is 1.00 bits per heavy atom. The van der Waals surface area contributed by atoms with Gasteiger partial charge < -0.3 is 10.6 Å². The zero-order valence-electron chi connectivity index (χ0n) is 14.5. The summed E-state index contributed by atoms with van der Waals surface area (Å²) in [4.78, 5) is 0. The van der Waals surface area contributed by atoms with E-state index in [1.165, 1.54) is 41.7 Å². The number of benzene rings is 2. The molecule has 0 saturated carbocycles. The molecular formula is C21H25ClN2. The number of hydrogen-bond acceptors (Lipinski definition) is 2. The van der Waals surface area contributed by atoms with Crippen LogP contribution in [0.3, 0.4) is 0 Å². The lowest BCUT2D eigenvalue weighted by Crippen LogP contribution is -2.08. The van der Waals surface area contributed by atoms with Crippen LogP contribution in [0.2, 0.25) is 5.02 Å². The lowest BCUT2D eigenvalue weighted by atomic mass is 9.97. The van der Waals surface area contributed by atoms with Crippen molar-refractivity contribution in [3.05, 3.63) is 69.9 Å². The van der Waals surface area contributed by atoms with E-state index in [0.29, 0.717) is 0 Å². The third-order valence-corrected chi connectivity index (χ3v) is 5.07. The average molecular weight is 341 g/mol. The minimum absolute atomic E-state index is 0.766. The van der Waals surface area contributed by atoms with Gasteiger partial charge in [0.15, 0.2) is 0 Å². The Balaban J connectivity index is 1.73. The summed E-state index contributed by atoms with van der Waals surface area (Å²) >= 11 is 6.39. The molecule has 1 aliphatic carbocycles. The van der Waals surface area contributed by atoms with Crippen molar-refractivity contribution < 1.29 is 0 Å². The molecule has 1 aliphatic rings. The van der Waals surface area contributed by atoms with Crippen LogP contribution in [0.4, 0.5) is 11.4 Å². The van der Waals surface area contributed by atoms with Crippen LogP contribution in [0.1, 0.15) is 43.7 Å². The van der Waals surface area contributed by atoms with Crippen molar-refractivity contribution in [1.29, 1.82) is 0 Å². The molecule has 126 valence electrons. The van der Waals surface area contributed by atoms with E-state index in [4.69, 9.17) is 11.6 Å². The molecule has 0 spiro atoms. The molecule has 0 unspecified atom stereocenters. The van der Waals surface area contributed by atoms with E-state index in [1.54, 1.807) is 0 Å². The molecule has 2 N–H and O–H groups in total. The van der Waals surface area contributed by atoms with E-state index in [-0.39, 0.29) is 0 Å². The molecule has 0 atom stereocenters. The largest absolute Gasteiger partial charge is 0.381 e. The molecule has 0 aliphatic heterocycles. The molecule has 24 heavy (non-hydrogen) atoms. The van der Waals surface area contributed by atoms with E-state index >= 15 is 0 Å². The number of anilines is 2. The van der Waals surface area contributed by atoms with Crippen molar-refractivity contribution in [3.63, 3.8) is 0 Å². The van der Waals surface area contributed by atoms with Crippen molar-refractivity contribution in [3.8, 4) is 0 Å². The first kappa shape index (κ1) is 16.9. The van der Waals surface area contributed by atoms with Gasteiger partial charge in [0.25, 0.3) is 0 Å². The Bertz CT molecular complexity index is 749. The standard InChI is InChI=1S/C21H25ClN2/c1-15-7-3-5-9-17(15)14-23-18-11-12-19(22)21(13-18)24-20-10-6-4-8-16(20)2/h3,5,7,9,11-13,23-24H,4,6,8,10,14H2,1-2H3. The molecule has 0 fully saturated rings. The van der Waals surface area contributed by atoms with Gasteiger partial charge >= 0.3 is 0 Å². The molecule has 3 heteroatoms. The molecule has 2 aromatic rings. The Morgan fingerprint density at radius 2 is 1.79 bits per heavy atom. The van der Waals surface area contributed by atoms with Crippen molar-refractivity contribution in [2.24, 2.45) is 0 Å². The van der Waals surface area contributed by atoms with Gasteiger partial charge in [0.2, 0.25) is 0 Å². The van der Waals surface area contributed by atoms with Gasteiger partial charge in [-0.05, 0) is 68.9 Å². The second-order valence-electron chi connectivity index (χ2n) is 6.57. The molecule has 0 heterocycles. The second-order valence-corrected chi connectivity index (χ2v) is 6.97. The second kappa shape index (κ2) is 7.76. The van der Waals surface area contributed by atoms with Gasteiger partial charge in [0, 0.05) is 17.9 Å². The highest BCUT2D eigenvalue weighted by atomic mass is 35.5. The summed E-state index contributed by atoms with van der Waals surface area (Å²) in [5.74, 6) is 0. The average Bonchev–Trinajstić information content (AvgIpc) is 2.59. The molecule has 0 saturated heterocycles. The van der Waals surface area contributed by atoms with Crippen molar-refractivity contribution in [2.75, 3.05) is 10.6 Å². The Morgan fingerprint density at radius 3 is 2.58 bits per heavy atom. The zero-order valence-corrected chi connectivity index (χ0v) is 15.2. The fourth-order valence-corrected chi connectivity index (χ4v) is 3.29. The minimum Gasteiger partial charge on any atom is -0.381 e. The number of halogens is 1. The SMILES string of the molecule is CC1=C(Nc2cc(NCc3ccccc3C)ccc2Cl)CCCC1. The Labute approximate surface area is 149 Å². The first-order valence-electron chi connectivity index (χ1n) is 8.67. The Kier molecular flexibility index (Phi) is 5.47. The summed E-state index contributed by atoms with van der Waals surface area (Å²) in [7, 11) is 0. The molecule has 3 rings (SSSR count). The third-order valence-electron chi connectivity index (χ3n) is 4.74. The summed E-state index contributed by atoms with van der Waals surface area (Å²) in [6.45, 7) is 5.18. The minimum atomic E-state index is 0.766. The van der Waals surface area contributed by atoms with E-state index in [1.807, 2.05) is 12.1 Å². The monoisotopic (exact) mass is 340 g/mol. The Hall–Kier alpha value is -1.93. The zero-order chi connectivity index (χ0) is 16.9. The van der Waals surface area contributed by atoms with E-state index in [2.05, 4.69) is 54.8 Å². The topological polar surface area (TPSA) is 24.1 Å². The first-order valence-corrected chi connectivity index (χ1v) is 9.05. The smallest absolute Gasteiger partial charge is 0.0642 e. The molecule has 0 amide bonds. The lowest BCUT2D eigenvalue weighted by Gasteiger charge is -2.20. The normalized spacial score (nSPS) is 14.6. The fraction of sp³-hybridized carbons (Fsp3) is 0.333. The fourth-order valence-electron chi connectivity index (χ4n) is 3.12. The molecule has 0 bridgehead atoms. The predicted molar refractivity (Wildman–Crippen MR) is 105 cm³/mol. The van der Waals surface area contributed by atoms with Crippen LogP contribution in [0.15, 0.2) is 53.7 Å². The van der Waals surface area contributed by atoms with Crippen LogP contribution >= 0.6 is 11.6 Å². The molecular weight excluding hydrogens is 316 g/mol. The van der Waals surface area contributed by atoms with Crippen molar-refractivity contribution in [2.45, 2.75) is 46.1 Å². The van der Waals surface area contributed by atoms with Gasteiger partial charge in [-0.3, -0.25) is 0 Å². The summed E-state index contributed by atoms with van der Waals surface area (Å²) in [6, 6.07) is 14.6. The van der Waals surface area contributed by atoms with Crippen molar-refractivity contribution >= 4 is 23.0 Å². The van der Waals surface area contributed by atoms with Gasteiger partial charge in [-0.25, -0.2) is 0 Å². The quantitative estimate of drug-likeness (QED) is 0.647. The highest BCUT2D eigenvalue weighted by Gasteiger charge is 2.11. The van der Waals surface area contributed by atoms with Gasteiger partial charge in [0.1, 0.15) is 0 Å². The summed E-state index contributed by atoms with van der Waals surface area (Å²) in [5.41, 5.74) is 7.48. The maximum atomic E-state index is 6.39. The van der Waals surface area contributed by atoms with Crippen LogP contribution < -0.4 is 10.6 Å². The maximum Gasteiger partial charge on any atom is 0.0642 e. The highest BCUT2D eigenvalue weighted by Crippen LogP contribution is 2.31. The van der Waals surface area contributed by atoms with Crippen LogP contribution in [-0.4, -0.2) is 0 Å². The van der Waals surface area contributed by atoms with E-state index in [9.17, 15) is 0 Å². The van der Waals surface area contributed by atoms with Gasteiger partial charge in [-0.1, -0.05) is 41.4 Å². The predicted octanol–water partition coefficient (Wildman–Crippen LogP) is 6.52. The van der Waals surface area contributed by atoms with Crippen LogP contribution in [0.5, 0.6) is 0 Å². The molecule has 2 nitrogen and oxygen atoms in total. The number of allylic oxidation sites excluding steroid dienone is 2. The van der Waals surface area contributed by atoms with E-state index < -0.39 is 0 Å². The summed E-state index contributed by atoms with van der Waals surface area (Å²) in [5, 5.41) is 7.83. The molecule has 0 radical (unpaired) electrons. The van der Waals surface area contributed by atoms with Crippen LogP contribution in [-0.2, 0) is 6.54 Å². The maximum absolute atomic E-state index is 6.39. The van der Waals surface area contributed by atoms with E-state index in [0.717, 1.165) is 29.4 Å². The molecule has 2 aromatic carbocycles.